The van der Waals surface area contributed by atoms with E-state index < -0.39 is 24.2 Å². The highest BCUT2D eigenvalue weighted by molar-refractivity contribution is 7.98. The van der Waals surface area contributed by atoms with Crippen molar-refractivity contribution < 1.29 is 48.7 Å². The first kappa shape index (κ1) is 30.5. The lowest BCUT2D eigenvalue weighted by Gasteiger charge is -2.29. The van der Waals surface area contributed by atoms with Crippen LogP contribution in [0.2, 0.25) is 0 Å². The topological polar surface area (TPSA) is 17.1 Å². The van der Waals surface area contributed by atoms with Gasteiger partial charge in [0.15, 0.2) is 11.5 Å². The van der Waals surface area contributed by atoms with Crippen molar-refractivity contribution in [2.75, 3.05) is 5.75 Å². The molecule has 0 aromatic heterocycles. The number of alkyl halides is 10. The van der Waals surface area contributed by atoms with Gasteiger partial charge >= 0.3 is 24.2 Å². The van der Waals surface area contributed by atoms with Gasteiger partial charge in [0.2, 0.25) is 0 Å². The van der Waals surface area contributed by atoms with Gasteiger partial charge in [-0.2, -0.15) is 43.9 Å². The molecule has 0 saturated heterocycles. The van der Waals surface area contributed by atoms with Gasteiger partial charge in [-0.05, 0) is 45.0 Å². The van der Waals surface area contributed by atoms with Crippen LogP contribution in [0.1, 0.15) is 60.3 Å². The van der Waals surface area contributed by atoms with Crippen molar-refractivity contribution in [2.45, 2.75) is 95.0 Å². The Morgan fingerprint density at radius 1 is 0.724 bits per heavy atom. The summed E-state index contributed by atoms with van der Waals surface area (Å²) in [6, 6.07) is 0. The Morgan fingerprint density at radius 2 is 1.07 bits per heavy atom. The molecular weight excluding hydrogens is 442 g/mol. The lowest BCUT2D eigenvalue weighted by atomic mass is 10.1. The molecule has 29 heavy (non-hydrogen) atoms. The average molecular weight is 469 g/mol. The zero-order valence-electron chi connectivity index (χ0n) is 16.8. The molecule has 0 bridgehead atoms. The molecule has 0 fully saturated rings. The second-order valence-electron chi connectivity index (χ2n) is 6.85. The molecular formula is C17H27F10OS+. The molecule has 0 N–H and O–H groups in total. The minimum atomic E-state index is -7.14. The van der Waals surface area contributed by atoms with Crippen molar-refractivity contribution in [2.24, 2.45) is 0 Å². The fourth-order valence-corrected chi connectivity index (χ4v) is 4.34. The number of unbranched alkanes of at least 4 members (excludes halogenated alkanes) is 2. The summed E-state index contributed by atoms with van der Waals surface area (Å²) in [6.07, 6.45) is -9.65. The van der Waals surface area contributed by atoms with E-state index in [4.69, 9.17) is 0 Å². The van der Waals surface area contributed by atoms with Crippen LogP contribution in [0.4, 0.5) is 43.9 Å². The van der Waals surface area contributed by atoms with Crippen LogP contribution in [0, 0.1) is 0 Å². The first-order valence-electron chi connectivity index (χ1n) is 8.83. The van der Waals surface area contributed by atoms with Crippen LogP contribution in [-0.2, 0) is 15.7 Å². The number of carbonyl (C=O) groups excluding carboxylic acids is 1. The van der Waals surface area contributed by atoms with Gasteiger partial charge in [0.25, 0.3) is 0 Å². The van der Waals surface area contributed by atoms with E-state index in [1.165, 1.54) is 12.8 Å². The largest absolute Gasteiger partial charge is 0.460 e. The molecule has 12 heteroatoms. The van der Waals surface area contributed by atoms with E-state index in [0.29, 0.717) is 16.3 Å². The molecule has 0 aliphatic rings. The van der Waals surface area contributed by atoms with E-state index in [0.717, 1.165) is 18.6 Å². The quantitative estimate of drug-likeness (QED) is 0.203. The summed E-state index contributed by atoms with van der Waals surface area (Å²) >= 11 is 0. The second kappa shape index (κ2) is 11.6. The Kier molecular flexibility index (Phi) is 12.2. The lowest BCUT2D eigenvalue weighted by Crippen LogP contribution is -2.59. The molecule has 0 aromatic rings. The van der Waals surface area contributed by atoms with Crippen molar-refractivity contribution >= 4 is 16.7 Å². The maximum absolute atomic E-state index is 11.7. The van der Waals surface area contributed by atoms with E-state index in [9.17, 15) is 48.7 Å². The number of Topliss-reactive ketones (excluding diaryl/α,β-unsaturated/α-hetero) is 1. The number of halogens is 10. The van der Waals surface area contributed by atoms with Crippen molar-refractivity contribution in [1.29, 1.82) is 0 Å². The molecule has 0 rings (SSSR count). The average Bonchev–Trinajstić information content (AvgIpc) is 2.50. The highest BCUT2D eigenvalue weighted by atomic mass is 32.2. The summed E-state index contributed by atoms with van der Waals surface area (Å²) < 4.78 is 113. The Morgan fingerprint density at radius 3 is 1.31 bits per heavy atom. The maximum Gasteiger partial charge on any atom is 0.460 e. The summed E-state index contributed by atoms with van der Waals surface area (Å²) in [5.74, 6) is -13.0. The molecule has 0 aromatic carbocycles. The fourth-order valence-electron chi connectivity index (χ4n) is 2.06. The smallest absolute Gasteiger partial charge is 0.294 e. The van der Waals surface area contributed by atoms with Gasteiger partial charge in [-0.15, -0.1) is 0 Å². The molecule has 1 nitrogen and oxygen atoms in total. The van der Waals surface area contributed by atoms with Crippen LogP contribution in [0.25, 0.3) is 0 Å². The molecule has 0 radical (unpaired) electrons. The molecule has 176 valence electrons. The third-order valence-electron chi connectivity index (χ3n) is 3.70. The number of hydrogen-bond donors (Lipinski definition) is 0. The van der Waals surface area contributed by atoms with E-state index in [2.05, 4.69) is 34.6 Å². The molecule has 0 saturated carbocycles. The summed E-state index contributed by atoms with van der Waals surface area (Å²) in [6.45, 7) is 11.1. The van der Waals surface area contributed by atoms with Gasteiger partial charge in [0, 0.05) is 6.42 Å². The van der Waals surface area contributed by atoms with Gasteiger partial charge in [-0.3, -0.25) is 4.79 Å². The molecule has 0 atom stereocenters. The normalized spacial score (nSPS) is 13.7. The van der Waals surface area contributed by atoms with Crippen molar-refractivity contribution in [3.05, 3.63) is 0 Å². The van der Waals surface area contributed by atoms with Gasteiger partial charge in [-0.25, -0.2) is 0 Å². The van der Waals surface area contributed by atoms with E-state index in [1.807, 2.05) is 0 Å². The maximum atomic E-state index is 11.7. The lowest BCUT2D eigenvalue weighted by molar-refractivity contribution is -0.419. The minimum absolute atomic E-state index is 0.287. The molecule has 0 heterocycles. The third kappa shape index (κ3) is 9.33. The van der Waals surface area contributed by atoms with Gasteiger partial charge in [0.1, 0.15) is 10.5 Å². The van der Waals surface area contributed by atoms with Crippen LogP contribution in [0.3, 0.4) is 0 Å². The number of carbonyl (C=O) groups is 1. The number of ketones is 1. The highest BCUT2D eigenvalue weighted by Crippen LogP contribution is 2.53. The Bertz CT molecular complexity index is 452. The summed E-state index contributed by atoms with van der Waals surface area (Å²) in [7, 11) is 0.287. The first-order chi connectivity index (χ1) is 12.7. The predicted octanol–water partition coefficient (Wildman–Crippen LogP) is 6.95. The summed E-state index contributed by atoms with van der Waals surface area (Å²) in [5, 5.41) is 1.31. The Balaban J connectivity index is 0. The molecule has 0 aliphatic carbocycles. The van der Waals surface area contributed by atoms with Crippen LogP contribution in [0.15, 0.2) is 0 Å². The first-order valence-corrected chi connectivity index (χ1v) is 10.3. The molecule has 0 unspecified atom stereocenters. The van der Waals surface area contributed by atoms with E-state index in [1.54, 1.807) is 0 Å². The van der Waals surface area contributed by atoms with Crippen molar-refractivity contribution in [1.82, 2.24) is 0 Å². The summed E-state index contributed by atoms with van der Waals surface area (Å²) in [5.41, 5.74) is 0. The fraction of sp³-hybridized carbons (Fsp3) is 0.941. The monoisotopic (exact) mass is 469 g/mol. The third-order valence-corrected chi connectivity index (χ3v) is 6.78. The van der Waals surface area contributed by atoms with Crippen molar-refractivity contribution in [3.8, 4) is 0 Å². The van der Waals surface area contributed by atoms with Gasteiger partial charge in [0.05, 0.1) is 0 Å². The van der Waals surface area contributed by atoms with Crippen LogP contribution < -0.4 is 0 Å². The van der Waals surface area contributed by atoms with E-state index in [-0.39, 0.29) is 10.9 Å². The van der Waals surface area contributed by atoms with Crippen molar-refractivity contribution in [3.63, 3.8) is 0 Å². The zero-order valence-corrected chi connectivity index (χ0v) is 17.6. The Hall–Kier alpha value is -0.680. The SMILES string of the molecule is CCCCCC(=O)C[S+](C(C)C)C(C)C.FC(F)(F)C(F)(F)C(F)(F)C(F)(F)F. The zero-order chi connectivity index (χ0) is 23.8. The van der Waals surface area contributed by atoms with Gasteiger partial charge < -0.3 is 0 Å². The van der Waals surface area contributed by atoms with Crippen LogP contribution in [-0.4, -0.2) is 46.2 Å². The summed E-state index contributed by atoms with van der Waals surface area (Å²) in [4.78, 5) is 11.7. The number of rotatable bonds is 9. The molecule has 0 spiro atoms. The highest BCUT2D eigenvalue weighted by Gasteiger charge is 2.82. The minimum Gasteiger partial charge on any atom is -0.294 e. The predicted molar refractivity (Wildman–Crippen MR) is 93.7 cm³/mol. The van der Waals surface area contributed by atoms with Gasteiger partial charge in [-0.1, -0.05) is 19.8 Å². The van der Waals surface area contributed by atoms with Crippen LogP contribution >= 0.6 is 0 Å². The second-order valence-corrected chi connectivity index (χ2v) is 9.96. The Labute approximate surface area is 166 Å². The standard InChI is InChI=1S/C13H27OS.C4F10/c1-6-7-8-9-13(14)10-15(11(2)3)12(4)5;5-1(6,3(9,10)11)2(7,8)4(12,13)14/h11-12H,6-10H2,1-5H3;/q+1;. The molecule has 0 amide bonds. The number of hydrogen-bond acceptors (Lipinski definition) is 1. The van der Waals surface area contributed by atoms with Crippen LogP contribution in [0.5, 0.6) is 0 Å². The molecule has 0 aliphatic heterocycles. The van der Waals surface area contributed by atoms with E-state index >= 15 is 0 Å².